The summed E-state index contributed by atoms with van der Waals surface area (Å²) < 4.78 is 16.7. The summed E-state index contributed by atoms with van der Waals surface area (Å²) in [4.78, 5) is 28.7. The molecule has 0 saturated carbocycles. The van der Waals surface area contributed by atoms with Gasteiger partial charge in [-0.2, -0.15) is 0 Å². The van der Waals surface area contributed by atoms with Crippen molar-refractivity contribution in [1.82, 2.24) is 10.3 Å². The van der Waals surface area contributed by atoms with E-state index in [1.54, 1.807) is 18.3 Å². The average Bonchev–Trinajstić information content (AvgIpc) is 3.22. The molecule has 3 aromatic rings. The van der Waals surface area contributed by atoms with Gasteiger partial charge in [-0.15, -0.1) is 0 Å². The van der Waals surface area contributed by atoms with Crippen LogP contribution in [-0.2, 0) is 20.7 Å². The summed E-state index contributed by atoms with van der Waals surface area (Å²) in [7, 11) is 0. The van der Waals surface area contributed by atoms with Gasteiger partial charge in [0, 0.05) is 37.4 Å². The van der Waals surface area contributed by atoms with E-state index in [-0.39, 0.29) is 25.0 Å². The van der Waals surface area contributed by atoms with Crippen molar-refractivity contribution in [2.75, 3.05) is 19.8 Å². The lowest BCUT2D eigenvalue weighted by atomic mass is 9.98. The lowest BCUT2D eigenvalue weighted by molar-refractivity contribution is -0.139. The molecule has 0 radical (unpaired) electrons. The minimum atomic E-state index is -1.15. The van der Waals surface area contributed by atoms with Crippen molar-refractivity contribution < 1.29 is 28.9 Å². The number of carboxylic acids is 1. The molecule has 1 amide bonds. The molecule has 1 fully saturated rings. The predicted octanol–water partition coefficient (Wildman–Crippen LogP) is 4.17. The van der Waals surface area contributed by atoms with Gasteiger partial charge in [0.1, 0.15) is 18.8 Å². The number of rotatable bonds is 8. The summed E-state index contributed by atoms with van der Waals surface area (Å²) >= 11 is 0. The molecule has 0 spiro atoms. The van der Waals surface area contributed by atoms with E-state index in [4.69, 9.17) is 14.2 Å². The zero-order valence-electron chi connectivity index (χ0n) is 19.8. The third-order valence-corrected chi connectivity index (χ3v) is 6.63. The van der Waals surface area contributed by atoms with Crippen LogP contribution in [0.3, 0.4) is 0 Å². The van der Waals surface area contributed by atoms with Crippen LogP contribution < -0.4 is 10.1 Å². The van der Waals surface area contributed by atoms with Gasteiger partial charge < -0.3 is 24.6 Å². The predicted molar refractivity (Wildman–Crippen MR) is 132 cm³/mol. The Hall–Kier alpha value is -3.91. The number of aliphatic carboxylic acids is 1. The van der Waals surface area contributed by atoms with Crippen LogP contribution in [-0.4, -0.2) is 54.1 Å². The maximum atomic E-state index is 12.6. The molecule has 36 heavy (non-hydrogen) atoms. The molecular formula is C28H28N2O6. The fourth-order valence-electron chi connectivity index (χ4n) is 4.78. The van der Waals surface area contributed by atoms with Gasteiger partial charge in [0.25, 0.3) is 0 Å². The first-order valence-electron chi connectivity index (χ1n) is 12.1. The topological polar surface area (TPSA) is 107 Å². The molecule has 186 valence electrons. The second kappa shape index (κ2) is 10.8. The number of pyridine rings is 1. The summed E-state index contributed by atoms with van der Waals surface area (Å²) in [6.07, 6.45) is 2.58. The first-order chi connectivity index (χ1) is 17.6. The molecule has 1 saturated heterocycles. The van der Waals surface area contributed by atoms with E-state index < -0.39 is 18.1 Å². The van der Waals surface area contributed by atoms with E-state index in [0.29, 0.717) is 24.7 Å². The standard InChI is InChI=1S/C28H28N2O6/c31-27(32)25(15-18-9-10-26(29-16-18)36-19-11-13-34-14-12-19)30-28(33)35-17-24-22-7-3-1-5-20(22)21-6-2-4-8-23(21)24/h1-10,16,19,24-25H,11-15,17H2,(H,30,33)(H,31,32)/t25-/m0/s1. The lowest BCUT2D eigenvalue weighted by Gasteiger charge is -2.22. The van der Waals surface area contributed by atoms with E-state index in [1.165, 1.54) is 0 Å². The van der Waals surface area contributed by atoms with Crippen molar-refractivity contribution >= 4 is 12.1 Å². The minimum absolute atomic E-state index is 0.0686. The largest absolute Gasteiger partial charge is 0.480 e. The Balaban J connectivity index is 1.18. The fraction of sp³-hybridized carbons (Fsp3) is 0.321. The Labute approximate surface area is 209 Å². The van der Waals surface area contributed by atoms with Crippen LogP contribution in [0.25, 0.3) is 11.1 Å². The van der Waals surface area contributed by atoms with E-state index >= 15 is 0 Å². The van der Waals surface area contributed by atoms with Gasteiger partial charge in [-0.05, 0) is 27.8 Å². The van der Waals surface area contributed by atoms with Crippen LogP contribution in [0.2, 0.25) is 0 Å². The van der Waals surface area contributed by atoms with Crippen molar-refractivity contribution in [3.8, 4) is 17.0 Å². The smallest absolute Gasteiger partial charge is 0.407 e. The maximum Gasteiger partial charge on any atom is 0.407 e. The van der Waals surface area contributed by atoms with Crippen molar-refractivity contribution in [1.29, 1.82) is 0 Å². The molecule has 5 rings (SSSR count). The Kier molecular flexibility index (Phi) is 7.13. The summed E-state index contributed by atoms with van der Waals surface area (Å²) in [6.45, 7) is 1.46. The number of aromatic nitrogens is 1. The van der Waals surface area contributed by atoms with Gasteiger partial charge in [-0.3, -0.25) is 0 Å². The second-order valence-electron chi connectivity index (χ2n) is 9.00. The Bertz CT molecular complexity index is 1180. The molecule has 1 aliphatic carbocycles. The number of hydrogen-bond donors (Lipinski definition) is 2. The van der Waals surface area contributed by atoms with Crippen LogP contribution in [0.15, 0.2) is 66.9 Å². The normalized spacial score (nSPS) is 16.0. The summed E-state index contributed by atoms with van der Waals surface area (Å²) in [5.41, 5.74) is 5.11. The molecule has 2 heterocycles. The second-order valence-corrected chi connectivity index (χ2v) is 9.00. The number of alkyl carbamates (subject to hydrolysis) is 1. The molecule has 1 atom stereocenters. The number of carbonyl (C=O) groups excluding carboxylic acids is 1. The molecule has 2 N–H and O–H groups in total. The number of benzene rings is 2. The van der Waals surface area contributed by atoms with Crippen LogP contribution in [0.4, 0.5) is 4.79 Å². The van der Waals surface area contributed by atoms with E-state index in [9.17, 15) is 14.7 Å². The lowest BCUT2D eigenvalue weighted by Crippen LogP contribution is -2.42. The molecular weight excluding hydrogens is 460 g/mol. The Morgan fingerprint density at radius 2 is 1.67 bits per heavy atom. The van der Waals surface area contributed by atoms with Crippen LogP contribution in [0.1, 0.15) is 35.4 Å². The SMILES string of the molecule is O=C(N[C@@H](Cc1ccc(OC2CCOCC2)nc1)C(=O)O)OCC1c2ccccc2-c2ccccc21. The van der Waals surface area contributed by atoms with E-state index in [0.717, 1.165) is 35.1 Å². The summed E-state index contributed by atoms with van der Waals surface area (Å²) in [5, 5.41) is 12.2. The number of hydrogen-bond acceptors (Lipinski definition) is 6. The Morgan fingerprint density at radius 3 is 2.28 bits per heavy atom. The monoisotopic (exact) mass is 488 g/mol. The number of ether oxygens (including phenoxy) is 3. The molecule has 2 aromatic carbocycles. The maximum absolute atomic E-state index is 12.6. The highest BCUT2D eigenvalue weighted by Gasteiger charge is 2.30. The minimum Gasteiger partial charge on any atom is -0.480 e. The molecule has 0 unspecified atom stereocenters. The van der Waals surface area contributed by atoms with Crippen LogP contribution in [0, 0.1) is 0 Å². The van der Waals surface area contributed by atoms with Gasteiger partial charge in [-0.1, -0.05) is 54.6 Å². The molecule has 2 aliphatic rings. The molecule has 8 nitrogen and oxygen atoms in total. The highest BCUT2D eigenvalue weighted by atomic mass is 16.5. The van der Waals surface area contributed by atoms with Gasteiger partial charge in [-0.25, -0.2) is 14.6 Å². The first-order valence-corrected chi connectivity index (χ1v) is 12.1. The average molecular weight is 489 g/mol. The number of carbonyl (C=O) groups is 2. The molecule has 1 aromatic heterocycles. The number of nitrogens with zero attached hydrogens (tertiary/aromatic N) is 1. The van der Waals surface area contributed by atoms with Gasteiger partial charge in [0.15, 0.2) is 0 Å². The third-order valence-electron chi connectivity index (χ3n) is 6.63. The van der Waals surface area contributed by atoms with Crippen molar-refractivity contribution in [2.45, 2.75) is 37.3 Å². The summed E-state index contributed by atoms with van der Waals surface area (Å²) in [5.74, 6) is -0.757. The van der Waals surface area contributed by atoms with Crippen LogP contribution >= 0.6 is 0 Å². The fourth-order valence-corrected chi connectivity index (χ4v) is 4.78. The van der Waals surface area contributed by atoms with Gasteiger partial charge in [0.05, 0.1) is 13.2 Å². The first kappa shape index (κ1) is 23.8. The molecule has 1 aliphatic heterocycles. The Morgan fingerprint density at radius 1 is 1.00 bits per heavy atom. The number of nitrogens with one attached hydrogen (secondary N) is 1. The highest BCUT2D eigenvalue weighted by molar-refractivity contribution is 5.81. The van der Waals surface area contributed by atoms with Crippen molar-refractivity contribution in [3.05, 3.63) is 83.6 Å². The zero-order chi connectivity index (χ0) is 24.9. The summed E-state index contributed by atoms with van der Waals surface area (Å²) in [6, 6.07) is 18.4. The van der Waals surface area contributed by atoms with Gasteiger partial charge >= 0.3 is 12.1 Å². The van der Waals surface area contributed by atoms with E-state index in [2.05, 4.69) is 22.4 Å². The van der Waals surface area contributed by atoms with Gasteiger partial charge in [0.2, 0.25) is 5.88 Å². The van der Waals surface area contributed by atoms with Crippen LogP contribution in [0.5, 0.6) is 5.88 Å². The highest BCUT2D eigenvalue weighted by Crippen LogP contribution is 2.44. The number of carboxylic acid groups (broad SMARTS) is 1. The van der Waals surface area contributed by atoms with E-state index in [1.807, 2.05) is 36.4 Å². The molecule has 8 heteroatoms. The van der Waals surface area contributed by atoms with Crippen molar-refractivity contribution in [2.24, 2.45) is 0 Å². The third kappa shape index (κ3) is 5.33. The molecule has 0 bridgehead atoms. The zero-order valence-corrected chi connectivity index (χ0v) is 19.8. The number of fused-ring (bicyclic) bond motifs is 3. The number of amides is 1. The quantitative estimate of drug-likeness (QED) is 0.490. The van der Waals surface area contributed by atoms with Crippen molar-refractivity contribution in [3.63, 3.8) is 0 Å².